The Hall–Kier alpha value is -2.81. The normalized spacial score (nSPS) is 11.5. The summed E-state index contributed by atoms with van der Waals surface area (Å²) < 4.78 is 42.8. The van der Waals surface area contributed by atoms with Gasteiger partial charge in [0.25, 0.3) is 10.0 Å². The summed E-state index contributed by atoms with van der Waals surface area (Å²) in [7, 11) is -3.93. The number of aryl methyl sites for hydroxylation is 1. The van der Waals surface area contributed by atoms with Gasteiger partial charge in [0.2, 0.25) is 0 Å². The van der Waals surface area contributed by atoms with E-state index in [-0.39, 0.29) is 10.5 Å². The van der Waals surface area contributed by atoms with E-state index < -0.39 is 15.8 Å². The van der Waals surface area contributed by atoms with Crippen molar-refractivity contribution in [3.8, 4) is 5.69 Å². The Kier molecular flexibility index (Phi) is 4.02. The van der Waals surface area contributed by atoms with Gasteiger partial charge in [-0.1, -0.05) is 12.1 Å². The van der Waals surface area contributed by atoms with E-state index in [1.807, 2.05) is 0 Å². The number of benzene rings is 2. The zero-order valence-corrected chi connectivity index (χ0v) is 13.7. The fraction of sp³-hybridized carbons (Fsp3) is 0.133. The molecule has 9 heteroatoms. The van der Waals surface area contributed by atoms with Crippen LogP contribution in [0.1, 0.15) is 11.1 Å². The van der Waals surface area contributed by atoms with Gasteiger partial charge in [-0.25, -0.2) is 17.5 Å². The van der Waals surface area contributed by atoms with Gasteiger partial charge in [0.05, 0.1) is 16.3 Å². The molecular formula is C15H14FN5O2S. The van der Waals surface area contributed by atoms with Crippen LogP contribution in [0.5, 0.6) is 0 Å². The summed E-state index contributed by atoms with van der Waals surface area (Å²) in [5.74, 6) is -0.572. The maximum absolute atomic E-state index is 13.7. The Balaban J connectivity index is 2.01. The molecular weight excluding hydrogens is 333 g/mol. The predicted octanol–water partition coefficient (Wildman–Crippen LogP) is 2.22. The summed E-state index contributed by atoms with van der Waals surface area (Å²) in [6.07, 6.45) is 1.40. The van der Waals surface area contributed by atoms with E-state index in [4.69, 9.17) is 0 Å². The molecule has 0 aliphatic heterocycles. The number of sulfonamides is 1. The molecule has 0 fully saturated rings. The Morgan fingerprint density at radius 3 is 2.67 bits per heavy atom. The third-order valence-electron chi connectivity index (χ3n) is 3.59. The van der Waals surface area contributed by atoms with Crippen molar-refractivity contribution in [2.75, 3.05) is 4.72 Å². The number of hydrogen-bond donors (Lipinski definition) is 1. The van der Waals surface area contributed by atoms with Crippen LogP contribution in [0.15, 0.2) is 47.6 Å². The zero-order chi connectivity index (χ0) is 17.3. The Bertz CT molecular complexity index is 987. The highest BCUT2D eigenvalue weighted by Gasteiger charge is 2.20. The SMILES string of the molecule is Cc1ccc(-n2cnnn2)cc1NS(=O)(=O)c1cccc(F)c1C. The molecule has 7 nitrogen and oxygen atoms in total. The molecule has 0 atom stereocenters. The molecule has 0 bridgehead atoms. The van der Waals surface area contributed by atoms with E-state index in [9.17, 15) is 12.8 Å². The molecule has 0 amide bonds. The highest BCUT2D eigenvalue weighted by atomic mass is 32.2. The average Bonchev–Trinajstić information content (AvgIpc) is 3.06. The lowest BCUT2D eigenvalue weighted by Crippen LogP contribution is -2.16. The summed E-state index contributed by atoms with van der Waals surface area (Å²) in [6.45, 7) is 3.19. The summed E-state index contributed by atoms with van der Waals surface area (Å²) in [4.78, 5) is -0.102. The van der Waals surface area contributed by atoms with Crippen molar-refractivity contribution in [2.45, 2.75) is 18.7 Å². The van der Waals surface area contributed by atoms with Crippen LogP contribution in [0, 0.1) is 19.7 Å². The zero-order valence-electron chi connectivity index (χ0n) is 12.9. The Morgan fingerprint density at radius 2 is 1.96 bits per heavy atom. The van der Waals surface area contributed by atoms with Crippen molar-refractivity contribution in [2.24, 2.45) is 0 Å². The standard InChI is InChI=1S/C15H14FN5O2S/c1-10-6-7-12(21-9-17-19-20-21)8-14(10)18-24(22,23)15-5-3-4-13(16)11(15)2/h3-9,18H,1-2H3. The minimum atomic E-state index is -3.93. The van der Waals surface area contributed by atoms with Gasteiger partial charge < -0.3 is 0 Å². The summed E-state index contributed by atoms with van der Waals surface area (Å²) in [5, 5.41) is 10.9. The number of anilines is 1. The van der Waals surface area contributed by atoms with Crippen LogP contribution >= 0.6 is 0 Å². The van der Waals surface area contributed by atoms with Crippen molar-refractivity contribution in [1.82, 2.24) is 20.2 Å². The third-order valence-corrected chi connectivity index (χ3v) is 5.10. The first-order valence-electron chi connectivity index (χ1n) is 7.00. The number of nitrogens with one attached hydrogen (secondary N) is 1. The van der Waals surface area contributed by atoms with Gasteiger partial charge in [-0.2, -0.15) is 0 Å². The van der Waals surface area contributed by atoms with Crippen molar-refractivity contribution >= 4 is 15.7 Å². The van der Waals surface area contributed by atoms with E-state index in [1.165, 1.54) is 36.1 Å². The second-order valence-corrected chi connectivity index (χ2v) is 6.87. The van der Waals surface area contributed by atoms with Crippen LogP contribution in [-0.2, 0) is 10.0 Å². The van der Waals surface area contributed by atoms with Gasteiger partial charge in [-0.3, -0.25) is 4.72 Å². The lowest BCUT2D eigenvalue weighted by atomic mass is 10.2. The van der Waals surface area contributed by atoms with Gasteiger partial charge >= 0.3 is 0 Å². The summed E-state index contributed by atoms with van der Waals surface area (Å²) >= 11 is 0. The minimum absolute atomic E-state index is 0.0688. The monoisotopic (exact) mass is 347 g/mol. The van der Waals surface area contributed by atoms with Crippen LogP contribution in [0.4, 0.5) is 10.1 Å². The molecule has 0 aliphatic rings. The smallest absolute Gasteiger partial charge is 0.262 e. The first-order valence-corrected chi connectivity index (χ1v) is 8.49. The molecule has 24 heavy (non-hydrogen) atoms. The molecule has 0 spiro atoms. The van der Waals surface area contributed by atoms with Gasteiger partial charge in [-0.15, -0.1) is 5.10 Å². The fourth-order valence-electron chi connectivity index (χ4n) is 2.22. The molecule has 0 saturated heterocycles. The molecule has 0 unspecified atom stereocenters. The lowest BCUT2D eigenvalue weighted by Gasteiger charge is -2.13. The number of halogens is 1. The fourth-order valence-corrected chi connectivity index (χ4v) is 3.60. The predicted molar refractivity (Wildman–Crippen MR) is 85.8 cm³/mol. The van der Waals surface area contributed by atoms with Crippen LogP contribution in [-0.4, -0.2) is 28.6 Å². The summed E-state index contributed by atoms with van der Waals surface area (Å²) in [6, 6.07) is 9.06. The van der Waals surface area contributed by atoms with Crippen molar-refractivity contribution in [3.05, 3.63) is 59.7 Å². The number of tetrazole rings is 1. The van der Waals surface area contributed by atoms with Crippen LogP contribution in [0.2, 0.25) is 0 Å². The van der Waals surface area contributed by atoms with Crippen LogP contribution < -0.4 is 4.72 Å². The van der Waals surface area contributed by atoms with Gasteiger partial charge in [0.15, 0.2) is 0 Å². The quantitative estimate of drug-likeness (QED) is 0.781. The molecule has 0 aliphatic carbocycles. The van der Waals surface area contributed by atoms with Gasteiger partial charge in [0, 0.05) is 5.56 Å². The minimum Gasteiger partial charge on any atom is -0.279 e. The maximum atomic E-state index is 13.7. The largest absolute Gasteiger partial charge is 0.279 e. The molecule has 2 aromatic carbocycles. The second-order valence-electron chi connectivity index (χ2n) is 5.22. The van der Waals surface area contributed by atoms with Crippen molar-refractivity contribution < 1.29 is 12.8 Å². The molecule has 3 rings (SSSR count). The van der Waals surface area contributed by atoms with Gasteiger partial charge in [0.1, 0.15) is 12.1 Å². The molecule has 0 saturated carbocycles. The molecule has 3 aromatic rings. The first-order chi connectivity index (χ1) is 11.4. The Labute approximate surface area is 138 Å². The highest BCUT2D eigenvalue weighted by Crippen LogP contribution is 2.24. The number of hydrogen-bond acceptors (Lipinski definition) is 5. The molecule has 1 N–H and O–H groups in total. The van der Waals surface area contributed by atoms with E-state index in [1.54, 1.807) is 25.1 Å². The number of nitrogens with zero attached hydrogens (tertiary/aromatic N) is 4. The van der Waals surface area contributed by atoms with E-state index in [0.717, 1.165) is 0 Å². The second kappa shape index (κ2) is 6.00. The Morgan fingerprint density at radius 1 is 1.17 bits per heavy atom. The third kappa shape index (κ3) is 2.98. The molecule has 124 valence electrons. The molecule has 1 aromatic heterocycles. The first kappa shape index (κ1) is 16.1. The number of aromatic nitrogens is 4. The maximum Gasteiger partial charge on any atom is 0.262 e. The molecule has 0 radical (unpaired) electrons. The van der Waals surface area contributed by atoms with E-state index in [2.05, 4.69) is 20.2 Å². The van der Waals surface area contributed by atoms with E-state index in [0.29, 0.717) is 16.9 Å². The van der Waals surface area contributed by atoms with Crippen molar-refractivity contribution in [1.29, 1.82) is 0 Å². The van der Waals surface area contributed by atoms with Gasteiger partial charge in [-0.05, 0) is 54.1 Å². The molecule has 1 heterocycles. The van der Waals surface area contributed by atoms with E-state index >= 15 is 0 Å². The van der Waals surface area contributed by atoms with Crippen molar-refractivity contribution in [3.63, 3.8) is 0 Å². The summed E-state index contributed by atoms with van der Waals surface area (Å²) in [5.41, 5.74) is 1.75. The average molecular weight is 347 g/mol. The van der Waals surface area contributed by atoms with Crippen LogP contribution in [0.25, 0.3) is 5.69 Å². The topological polar surface area (TPSA) is 89.8 Å². The van der Waals surface area contributed by atoms with Crippen LogP contribution in [0.3, 0.4) is 0 Å². The highest BCUT2D eigenvalue weighted by molar-refractivity contribution is 7.92. The lowest BCUT2D eigenvalue weighted by molar-refractivity contribution is 0.590. The number of rotatable bonds is 4.